The monoisotopic (exact) mass is 1290 g/mol. The quantitative estimate of drug-likeness (QED) is 0.0160. The van der Waals surface area contributed by atoms with E-state index in [2.05, 4.69) is 19.1 Å². The van der Waals surface area contributed by atoms with Crippen molar-refractivity contribution in [2.45, 2.75) is 122 Å². The van der Waals surface area contributed by atoms with Gasteiger partial charge in [-0.25, -0.2) is 0 Å². The third-order valence-electron chi connectivity index (χ3n) is 13.3. The Morgan fingerprint density at radius 3 is 0.828 bits per heavy atom. The van der Waals surface area contributed by atoms with Crippen LogP contribution < -0.4 is 117 Å². The zero-order valence-corrected chi connectivity index (χ0v) is 56.0. The summed E-state index contributed by atoms with van der Waals surface area (Å²) in [5.74, 6) is 4.29. The van der Waals surface area contributed by atoms with Crippen LogP contribution in [0, 0.1) is 0 Å². The third kappa shape index (κ3) is 45.2. The minimum absolute atomic E-state index is 0.324. The fraction of sp³-hybridized carbons (Fsp3) is 0.417. The number of unbranched alkanes of at least 4 members (excludes halogenated alkanes) is 10. The molecule has 0 aliphatic heterocycles. The van der Waals surface area contributed by atoms with E-state index in [0.29, 0.717) is 47.7 Å². The van der Waals surface area contributed by atoms with Crippen molar-refractivity contribution in [3.05, 3.63) is 169 Å². The second-order valence-corrected chi connectivity index (χ2v) is 21.7. The van der Waals surface area contributed by atoms with Crippen LogP contribution in [-0.4, -0.2) is 78.0 Å². The molecule has 36 N–H and O–H groups in total. The van der Waals surface area contributed by atoms with E-state index in [1.807, 2.05) is 103 Å². The number of nitrogen functional groups attached to an aromatic ring is 6. The van der Waals surface area contributed by atoms with Gasteiger partial charge in [-0.1, -0.05) is 76.1 Å². The maximum absolute atomic E-state index is 5.78. The largest absolute Gasteiger partial charge is 0.457 e. The molecule has 0 fully saturated rings. The Balaban J connectivity index is 0.00000108. The molecule has 93 heavy (non-hydrogen) atoms. The molecule has 8 rings (SSSR count). The predicted octanol–water partition coefficient (Wildman–Crippen LogP) is 9.55. The minimum Gasteiger partial charge on any atom is -0.457 e. The van der Waals surface area contributed by atoms with Gasteiger partial charge >= 0.3 is 0 Å². The smallest absolute Gasteiger partial charge is 0.131 e. The van der Waals surface area contributed by atoms with Crippen molar-refractivity contribution in [1.29, 1.82) is 0 Å². The molecule has 1 unspecified atom stereocenters. The molecule has 518 valence electrons. The first-order valence-corrected chi connectivity index (χ1v) is 32.8. The summed E-state index contributed by atoms with van der Waals surface area (Å²) in [6, 6.07) is 48.9. The van der Waals surface area contributed by atoms with Crippen molar-refractivity contribution in [1.82, 2.24) is 0 Å². The molecular formula is C72H122N18O3. The zero-order valence-electron chi connectivity index (χ0n) is 56.0. The molecule has 7 aromatic rings. The van der Waals surface area contributed by atoms with Gasteiger partial charge in [-0.3, -0.25) is 0 Å². The average molecular weight is 1290 g/mol. The Kier molecular flexibility index (Phi) is 53.3. The van der Waals surface area contributed by atoms with Gasteiger partial charge in [0.25, 0.3) is 0 Å². The van der Waals surface area contributed by atoms with Crippen molar-refractivity contribution in [3.63, 3.8) is 0 Å². The van der Waals surface area contributed by atoms with E-state index >= 15 is 0 Å². The first kappa shape index (κ1) is 85.3. The molecule has 0 saturated carbocycles. The lowest BCUT2D eigenvalue weighted by molar-refractivity contribution is 0.460. The summed E-state index contributed by atoms with van der Waals surface area (Å²) in [7, 11) is 0. The van der Waals surface area contributed by atoms with Crippen LogP contribution in [-0.2, 0) is 6.42 Å². The molecule has 21 heteroatoms. The van der Waals surface area contributed by atoms with Crippen LogP contribution in [0.2, 0.25) is 0 Å². The van der Waals surface area contributed by atoms with Crippen LogP contribution in [0.15, 0.2) is 158 Å². The van der Waals surface area contributed by atoms with Crippen LogP contribution in [0.3, 0.4) is 0 Å². The van der Waals surface area contributed by atoms with Gasteiger partial charge in [0.2, 0.25) is 0 Å². The van der Waals surface area contributed by atoms with Crippen LogP contribution >= 0.6 is 0 Å². The summed E-state index contributed by atoms with van der Waals surface area (Å²) in [5.41, 5.74) is 106. The minimum atomic E-state index is 0.324. The zero-order chi connectivity index (χ0) is 69.1. The third-order valence-corrected chi connectivity index (χ3v) is 13.3. The van der Waals surface area contributed by atoms with Gasteiger partial charge in [0.05, 0.1) is 0 Å². The number of nitrogens with two attached hydrogens (primary N) is 18. The van der Waals surface area contributed by atoms with Crippen molar-refractivity contribution >= 4 is 34.1 Å². The van der Waals surface area contributed by atoms with Gasteiger partial charge < -0.3 is 117 Å². The molecule has 0 bridgehead atoms. The Morgan fingerprint density at radius 1 is 0.280 bits per heavy atom. The predicted molar refractivity (Wildman–Crippen MR) is 401 cm³/mol. The van der Waals surface area contributed by atoms with Crippen LogP contribution in [0.1, 0.15) is 121 Å². The number of rotatable bonds is 28. The van der Waals surface area contributed by atoms with Crippen molar-refractivity contribution < 1.29 is 14.2 Å². The summed E-state index contributed by atoms with van der Waals surface area (Å²) in [4.78, 5) is 0. The Morgan fingerprint density at radius 2 is 0.559 bits per heavy atom. The van der Waals surface area contributed by atoms with E-state index in [1.54, 1.807) is 42.5 Å². The first-order valence-electron chi connectivity index (χ1n) is 32.8. The molecule has 1 aliphatic rings. The van der Waals surface area contributed by atoms with Gasteiger partial charge in [0.1, 0.15) is 34.5 Å². The Bertz CT molecular complexity index is 2700. The molecule has 0 heterocycles. The highest BCUT2D eigenvalue weighted by Gasteiger charge is 2.18. The Labute approximate surface area is 557 Å². The molecule has 0 saturated heterocycles. The van der Waals surface area contributed by atoms with Crippen LogP contribution in [0.4, 0.5) is 34.1 Å². The van der Waals surface area contributed by atoms with Gasteiger partial charge in [0.15, 0.2) is 0 Å². The number of benzene rings is 7. The second-order valence-electron chi connectivity index (χ2n) is 21.7. The standard InChI is InChI=1S/C18H16N2O2.C13H12N2.C12H12N2O.C8H20N2.C7H18N2.C5H14N2.C4H12N2.C3H10N2.C2H8N2/c19-13-4-8-15(9-5-13)21-17-2-1-3-18(12-17)22-16-10-6-14(20)7-11-16;14-10-1-3-12-8(6-10)5-9-7-11(15)2-4-13(9)12;13-9-4-6-11(7-5-9)15-12-3-1-2-10(14)8-12;9-7-5-3-1-2-4-6-8-10;8-6-4-2-1-3-5-7-9;1-2-5(7)3-4-6;5-3-1-2-4-6;4-2-1-3-5;3-1-2-4/h1-12H,19-20H2;1-4,6-7H,5,14-15H2;1-8H,13-14H2;1-10H2;1-9H2;5H,2-4,6-7H2,1H3;1-6H2;1-5H2;1-4H2. The van der Waals surface area contributed by atoms with E-state index in [0.717, 1.165) is 137 Å². The highest BCUT2D eigenvalue weighted by molar-refractivity contribution is 5.79. The summed E-state index contributed by atoms with van der Waals surface area (Å²) < 4.78 is 17.1. The molecule has 1 aliphatic carbocycles. The van der Waals surface area contributed by atoms with E-state index < -0.39 is 0 Å². The van der Waals surface area contributed by atoms with Gasteiger partial charge in [-0.15, -0.1) is 0 Å². The molecule has 21 nitrogen and oxygen atoms in total. The maximum atomic E-state index is 5.78. The molecule has 1 atom stereocenters. The fourth-order valence-corrected chi connectivity index (χ4v) is 8.09. The average Bonchev–Trinajstić information content (AvgIpc) is 1.65. The van der Waals surface area contributed by atoms with Crippen molar-refractivity contribution in [2.75, 3.05) is 106 Å². The van der Waals surface area contributed by atoms with E-state index in [1.165, 1.54) is 92.9 Å². The summed E-state index contributed by atoms with van der Waals surface area (Å²) >= 11 is 0. The summed E-state index contributed by atoms with van der Waals surface area (Å²) in [6.07, 6.45) is 19.8. The number of ether oxygens (including phenoxy) is 3. The van der Waals surface area contributed by atoms with Crippen LogP contribution in [0.25, 0.3) is 11.1 Å². The SMILES string of the molecule is CCC(N)CCN.NCCCCCCCCN.NCCCCCCCN.NCCCCN.NCCCN.NCCN.Nc1ccc(Oc2cccc(N)c2)cc1.Nc1ccc(Oc2cccc(Oc3ccc(N)cc3)c2)cc1.Nc1ccc2c(c1)Cc1cc(N)ccc1-2. The summed E-state index contributed by atoms with van der Waals surface area (Å²) in [5, 5.41) is 0. The lowest BCUT2D eigenvalue weighted by atomic mass is 10.1. The van der Waals surface area contributed by atoms with E-state index in [9.17, 15) is 0 Å². The first-order chi connectivity index (χ1) is 45.0. The molecule has 0 radical (unpaired) electrons. The maximum Gasteiger partial charge on any atom is 0.131 e. The van der Waals surface area contributed by atoms with E-state index in [-0.39, 0.29) is 0 Å². The lowest BCUT2D eigenvalue weighted by Gasteiger charge is -2.09. The fourth-order valence-electron chi connectivity index (χ4n) is 8.09. The lowest BCUT2D eigenvalue weighted by Crippen LogP contribution is -2.22. The van der Waals surface area contributed by atoms with Gasteiger partial charge in [-0.05, 0) is 267 Å². The normalized spacial score (nSPS) is 10.5. The van der Waals surface area contributed by atoms with Crippen LogP contribution in [0.5, 0.6) is 34.5 Å². The van der Waals surface area contributed by atoms with Crippen molar-refractivity contribution in [2.24, 2.45) is 68.8 Å². The highest BCUT2D eigenvalue weighted by atomic mass is 16.5. The van der Waals surface area contributed by atoms with Gasteiger partial charge in [0, 0.05) is 65.4 Å². The highest BCUT2D eigenvalue weighted by Crippen LogP contribution is 2.38. The summed E-state index contributed by atoms with van der Waals surface area (Å²) in [6.45, 7) is 10.3. The number of hydrogen-bond donors (Lipinski definition) is 18. The van der Waals surface area contributed by atoms with Crippen molar-refractivity contribution in [3.8, 4) is 45.6 Å². The Hall–Kier alpha value is -7.74. The number of anilines is 6. The molecule has 0 amide bonds. The molecular weight excluding hydrogens is 1160 g/mol. The topological polar surface area (TPSA) is 496 Å². The number of hydrogen-bond acceptors (Lipinski definition) is 21. The van der Waals surface area contributed by atoms with E-state index in [4.69, 9.17) is 117 Å². The molecule has 0 spiro atoms. The molecule has 7 aromatic carbocycles. The number of fused-ring (bicyclic) bond motifs is 3. The second kappa shape index (κ2) is 58.1. The van der Waals surface area contributed by atoms with Gasteiger partial charge in [-0.2, -0.15) is 0 Å². The molecule has 0 aromatic heterocycles.